The van der Waals surface area contributed by atoms with E-state index in [-0.39, 0.29) is 12.4 Å². The molecule has 2 saturated heterocycles. The van der Waals surface area contributed by atoms with Gasteiger partial charge in [-0.1, -0.05) is 30.3 Å². The van der Waals surface area contributed by atoms with Crippen LogP contribution < -0.4 is 5.32 Å². The second-order valence-electron chi connectivity index (χ2n) is 6.61. The standard InChI is InChI=1S/C18H29N3.ClH/c1-2-5-17(6-3-1)15-20-11-4-12-21(14-13-20)16-18-7-9-19-10-8-18;/h1-3,5-6,18-19H,4,7-16H2;1H. The molecule has 1 aromatic rings. The lowest BCUT2D eigenvalue weighted by atomic mass is 9.97. The highest BCUT2D eigenvalue weighted by Gasteiger charge is 2.19. The van der Waals surface area contributed by atoms with E-state index >= 15 is 0 Å². The highest BCUT2D eigenvalue weighted by molar-refractivity contribution is 5.85. The Labute approximate surface area is 141 Å². The van der Waals surface area contributed by atoms with Gasteiger partial charge in [0.2, 0.25) is 0 Å². The molecule has 0 saturated carbocycles. The highest BCUT2D eigenvalue weighted by Crippen LogP contribution is 2.15. The van der Waals surface area contributed by atoms with E-state index in [1.807, 2.05) is 0 Å². The van der Waals surface area contributed by atoms with Gasteiger partial charge in [0.25, 0.3) is 0 Å². The first-order valence-electron chi connectivity index (χ1n) is 8.59. The Kier molecular flexibility index (Phi) is 7.67. The molecule has 0 bridgehead atoms. The van der Waals surface area contributed by atoms with Crippen LogP contribution in [0.25, 0.3) is 0 Å². The minimum atomic E-state index is 0. The molecule has 2 aliphatic heterocycles. The van der Waals surface area contributed by atoms with E-state index in [9.17, 15) is 0 Å². The van der Waals surface area contributed by atoms with Crippen LogP contribution in [-0.2, 0) is 6.54 Å². The average molecular weight is 324 g/mol. The molecule has 2 fully saturated rings. The van der Waals surface area contributed by atoms with Gasteiger partial charge < -0.3 is 10.2 Å². The third-order valence-corrected chi connectivity index (χ3v) is 4.91. The molecule has 0 spiro atoms. The molecular formula is C18H30ClN3. The maximum Gasteiger partial charge on any atom is 0.0234 e. The zero-order chi connectivity index (χ0) is 14.3. The molecule has 2 aliphatic rings. The van der Waals surface area contributed by atoms with Crippen molar-refractivity contribution in [3.05, 3.63) is 35.9 Å². The summed E-state index contributed by atoms with van der Waals surface area (Å²) >= 11 is 0. The number of rotatable bonds is 4. The van der Waals surface area contributed by atoms with E-state index < -0.39 is 0 Å². The van der Waals surface area contributed by atoms with Gasteiger partial charge in [0.1, 0.15) is 0 Å². The molecule has 1 N–H and O–H groups in total. The Morgan fingerprint density at radius 2 is 1.59 bits per heavy atom. The largest absolute Gasteiger partial charge is 0.317 e. The second-order valence-corrected chi connectivity index (χ2v) is 6.61. The summed E-state index contributed by atoms with van der Waals surface area (Å²) in [6.07, 6.45) is 4.05. The van der Waals surface area contributed by atoms with Crippen LogP contribution in [0.15, 0.2) is 30.3 Å². The number of halogens is 1. The number of nitrogens with one attached hydrogen (secondary N) is 1. The first-order chi connectivity index (χ1) is 10.4. The van der Waals surface area contributed by atoms with Gasteiger partial charge in [-0.25, -0.2) is 0 Å². The van der Waals surface area contributed by atoms with Crippen LogP contribution in [0.4, 0.5) is 0 Å². The van der Waals surface area contributed by atoms with E-state index in [4.69, 9.17) is 0 Å². The van der Waals surface area contributed by atoms with Crippen LogP contribution in [-0.4, -0.2) is 55.6 Å². The lowest BCUT2D eigenvalue weighted by Crippen LogP contribution is -2.38. The summed E-state index contributed by atoms with van der Waals surface area (Å²) in [5, 5.41) is 3.47. The first-order valence-corrected chi connectivity index (χ1v) is 8.59. The van der Waals surface area contributed by atoms with Gasteiger partial charge in [0, 0.05) is 26.2 Å². The molecule has 0 amide bonds. The van der Waals surface area contributed by atoms with Crippen LogP contribution >= 0.6 is 12.4 Å². The molecule has 3 rings (SSSR count). The van der Waals surface area contributed by atoms with Crippen LogP contribution in [0.1, 0.15) is 24.8 Å². The van der Waals surface area contributed by atoms with Crippen LogP contribution in [0.5, 0.6) is 0 Å². The van der Waals surface area contributed by atoms with Crippen molar-refractivity contribution < 1.29 is 0 Å². The Morgan fingerprint density at radius 3 is 2.36 bits per heavy atom. The predicted molar refractivity (Wildman–Crippen MR) is 95.6 cm³/mol. The van der Waals surface area contributed by atoms with Crippen LogP contribution in [0.3, 0.4) is 0 Å². The van der Waals surface area contributed by atoms with Gasteiger partial charge in [-0.3, -0.25) is 4.90 Å². The lowest BCUT2D eigenvalue weighted by Gasteiger charge is -2.29. The topological polar surface area (TPSA) is 18.5 Å². The van der Waals surface area contributed by atoms with Gasteiger partial charge >= 0.3 is 0 Å². The fourth-order valence-corrected chi connectivity index (χ4v) is 3.64. The summed E-state index contributed by atoms with van der Waals surface area (Å²) in [6, 6.07) is 10.9. The zero-order valence-corrected chi connectivity index (χ0v) is 14.4. The van der Waals surface area contributed by atoms with Gasteiger partial charge in [-0.05, 0) is 56.9 Å². The average Bonchev–Trinajstić information content (AvgIpc) is 2.75. The lowest BCUT2D eigenvalue weighted by molar-refractivity contribution is 0.204. The predicted octanol–water partition coefficient (Wildman–Crippen LogP) is 2.62. The third-order valence-electron chi connectivity index (χ3n) is 4.91. The summed E-state index contributed by atoms with van der Waals surface area (Å²) in [4.78, 5) is 5.33. The number of hydrogen-bond donors (Lipinski definition) is 1. The Balaban J connectivity index is 0.00000176. The highest BCUT2D eigenvalue weighted by atomic mass is 35.5. The first kappa shape index (κ1) is 17.7. The number of benzene rings is 1. The molecule has 124 valence electrons. The quantitative estimate of drug-likeness (QED) is 0.919. The zero-order valence-electron chi connectivity index (χ0n) is 13.5. The molecule has 3 nitrogen and oxygen atoms in total. The van der Waals surface area contributed by atoms with Crippen LogP contribution in [0, 0.1) is 5.92 Å². The number of piperidine rings is 1. The van der Waals surface area contributed by atoms with Crippen molar-refractivity contribution in [2.75, 3.05) is 45.8 Å². The van der Waals surface area contributed by atoms with E-state index in [1.165, 1.54) is 70.6 Å². The molecule has 0 unspecified atom stereocenters. The SMILES string of the molecule is Cl.c1ccc(CN2CCCN(CC3CCNCC3)CC2)cc1. The van der Waals surface area contributed by atoms with E-state index in [1.54, 1.807) is 0 Å². The smallest absolute Gasteiger partial charge is 0.0234 e. The summed E-state index contributed by atoms with van der Waals surface area (Å²) in [7, 11) is 0. The number of hydrogen-bond acceptors (Lipinski definition) is 3. The van der Waals surface area contributed by atoms with Crippen molar-refractivity contribution >= 4 is 12.4 Å². The Morgan fingerprint density at radius 1 is 0.909 bits per heavy atom. The summed E-state index contributed by atoms with van der Waals surface area (Å²) in [5.74, 6) is 0.923. The number of nitrogens with zero attached hydrogens (tertiary/aromatic N) is 2. The molecule has 22 heavy (non-hydrogen) atoms. The fraction of sp³-hybridized carbons (Fsp3) is 0.667. The van der Waals surface area contributed by atoms with Gasteiger partial charge in [-0.15, -0.1) is 12.4 Å². The maximum absolute atomic E-state index is 3.47. The molecular weight excluding hydrogens is 294 g/mol. The Hall–Kier alpha value is -0.610. The van der Waals surface area contributed by atoms with E-state index in [2.05, 4.69) is 45.4 Å². The molecule has 2 heterocycles. The van der Waals surface area contributed by atoms with Crippen molar-refractivity contribution in [1.29, 1.82) is 0 Å². The monoisotopic (exact) mass is 323 g/mol. The normalized spacial score (nSPS) is 22.0. The molecule has 1 aromatic carbocycles. The maximum atomic E-state index is 3.47. The molecule has 0 atom stereocenters. The molecule has 0 aromatic heterocycles. The van der Waals surface area contributed by atoms with Gasteiger partial charge in [0.15, 0.2) is 0 Å². The minimum Gasteiger partial charge on any atom is -0.317 e. The second kappa shape index (κ2) is 9.51. The van der Waals surface area contributed by atoms with Crippen molar-refractivity contribution in [2.45, 2.75) is 25.8 Å². The van der Waals surface area contributed by atoms with Crippen molar-refractivity contribution in [1.82, 2.24) is 15.1 Å². The fourth-order valence-electron chi connectivity index (χ4n) is 3.64. The third kappa shape index (κ3) is 5.54. The summed E-state index contributed by atoms with van der Waals surface area (Å²) in [5.41, 5.74) is 1.45. The van der Waals surface area contributed by atoms with Crippen molar-refractivity contribution in [3.63, 3.8) is 0 Å². The molecule has 0 aliphatic carbocycles. The van der Waals surface area contributed by atoms with E-state index in [0.717, 1.165) is 12.5 Å². The van der Waals surface area contributed by atoms with Gasteiger partial charge in [-0.2, -0.15) is 0 Å². The van der Waals surface area contributed by atoms with E-state index in [0.29, 0.717) is 0 Å². The Bertz CT molecular complexity index is 406. The van der Waals surface area contributed by atoms with Crippen molar-refractivity contribution in [2.24, 2.45) is 5.92 Å². The van der Waals surface area contributed by atoms with Gasteiger partial charge in [0.05, 0.1) is 0 Å². The molecule has 4 heteroatoms. The van der Waals surface area contributed by atoms with Crippen LogP contribution in [0.2, 0.25) is 0 Å². The van der Waals surface area contributed by atoms with Crippen molar-refractivity contribution in [3.8, 4) is 0 Å². The summed E-state index contributed by atoms with van der Waals surface area (Å²) in [6.45, 7) is 9.88. The molecule has 0 radical (unpaired) electrons. The minimum absolute atomic E-state index is 0. The summed E-state index contributed by atoms with van der Waals surface area (Å²) < 4.78 is 0.